The van der Waals surface area contributed by atoms with Crippen molar-refractivity contribution >= 4 is 6.03 Å². The fraction of sp³-hybridized carbons (Fsp3) is 0.625. The summed E-state index contributed by atoms with van der Waals surface area (Å²) in [6.07, 6.45) is 4.31. The molecule has 116 valence electrons. The first kappa shape index (κ1) is 15.8. The monoisotopic (exact) mass is 291 g/mol. The van der Waals surface area contributed by atoms with Crippen molar-refractivity contribution in [3.8, 4) is 0 Å². The van der Waals surface area contributed by atoms with E-state index in [-0.39, 0.29) is 23.3 Å². The van der Waals surface area contributed by atoms with Crippen LogP contribution in [0.4, 0.5) is 4.79 Å². The van der Waals surface area contributed by atoms with Gasteiger partial charge in [-0.15, -0.1) is 0 Å². The van der Waals surface area contributed by atoms with Gasteiger partial charge in [0.05, 0.1) is 17.2 Å². The summed E-state index contributed by atoms with van der Waals surface area (Å²) in [6, 6.07) is 3.76. The van der Waals surface area contributed by atoms with Gasteiger partial charge in [-0.25, -0.2) is 4.79 Å². The first-order valence-corrected chi connectivity index (χ1v) is 7.30. The molecule has 0 spiro atoms. The second-order valence-corrected chi connectivity index (χ2v) is 6.89. The van der Waals surface area contributed by atoms with Gasteiger partial charge in [-0.1, -0.05) is 6.07 Å². The van der Waals surface area contributed by atoms with E-state index in [9.17, 15) is 4.79 Å². The highest BCUT2D eigenvalue weighted by Gasteiger charge is 2.46. The molecule has 2 rings (SSSR count). The second kappa shape index (κ2) is 5.64. The van der Waals surface area contributed by atoms with Gasteiger partial charge in [0.15, 0.2) is 0 Å². The second-order valence-electron chi connectivity index (χ2n) is 6.89. The van der Waals surface area contributed by atoms with Gasteiger partial charge in [-0.2, -0.15) is 0 Å². The normalized spacial score (nSPS) is 22.8. The topological polar surface area (TPSA) is 54.5 Å². The van der Waals surface area contributed by atoms with Crippen LogP contribution in [0.5, 0.6) is 0 Å². The zero-order valence-electron chi connectivity index (χ0n) is 13.5. The minimum Gasteiger partial charge on any atom is -0.367 e. The lowest BCUT2D eigenvalue weighted by Crippen LogP contribution is -2.50. The minimum atomic E-state index is -0.353. The Morgan fingerprint density at radius 3 is 2.71 bits per heavy atom. The van der Waals surface area contributed by atoms with E-state index in [1.54, 1.807) is 24.3 Å². The molecule has 1 atom stereocenters. The predicted molar refractivity (Wildman–Crippen MR) is 81.9 cm³/mol. The van der Waals surface area contributed by atoms with Crippen LogP contribution < -0.4 is 5.32 Å². The van der Waals surface area contributed by atoms with Crippen LogP contribution in [0.1, 0.15) is 39.7 Å². The van der Waals surface area contributed by atoms with Crippen LogP contribution in [0.2, 0.25) is 0 Å². The van der Waals surface area contributed by atoms with E-state index in [0.29, 0.717) is 6.54 Å². The third-order valence-corrected chi connectivity index (χ3v) is 3.86. The van der Waals surface area contributed by atoms with Crippen LogP contribution >= 0.6 is 0 Å². The average Bonchev–Trinajstić information content (AvgIpc) is 2.58. The van der Waals surface area contributed by atoms with E-state index in [4.69, 9.17) is 4.74 Å². The number of pyridine rings is 1. The summed E-state index contributed by atoms with van der Waals surface area (Å²) in [4.78, 5) is 18.1. The third kappa shape index (κ3) is 3.94. The Morgan fingerprint density at radius 1 is 1.48 bits per heavy atom. The van der Waals surface area contributed by atoms with Crippen LogP contribution in [-0.4, -0.2) is 40.2 Å². The molecule has 0 bridgehead atoms. The minimum absolute atomic E-state index is 0.0105. The summed E-state index contributed by atoms with van der Waals surface area (Å²) in [6.45, 7) is 8.69. The van der Waals surface area contributed by atoms with Crippen molar-refractivity contribution in [1.82, 2.24) is 15.2 Å². The molecule has 1 aromatic heterocycles. The number of aromatic nitrogens is 1. The lowest BCUT2D eigenvalue weighted by Gasteiger charge is -2.29. The predicted octanol–water partition coefficient (Wildman–Crippen LogP) is 2.57. The Bertz CT molecular complexity index is 500. The molecule has 1 aromatic rings. The van der Waals surface area contributed by atoms with Crippen molar-refractivity contribution in [2.75, 3.05) is 7.05 Å². The quantitative estimate of drug-likeness (QED) is 0.931. The van der Waals surface area contributed by atoms with Crippen molar-refractivity contribution < 1.29 is 9.53 Å². The van der Waals surface area contributed by atoms with E-state index in [1.165, 1.54) is 0 Å². The molecule has 0 aliphatic carbocycles. The molecule has 21 heavy (non-hydrogen) atoms. The Labute approximate surface area is 126 Å². The van der Waals surface area contributed by atoms with Crippen molar-refractivity contribution in [2.24, 2.45) is 0 Å². The summed E-state index contributed by atoms with van der Waals surface area (Å²) >= 11 is 0. The highest BCUT2D eigenvalue weighted by Crippen LogP contribution is 2.37. The number of carbonyl (C=O) groups is 1. The number of ether oxygens (including phenoxy) is 1. The van der Waals surface area contributed by atoms with E-state index in [2.05, 4.69) is 24.1 Å². The summed E-state index contributed by atoms with van der Waals surface area (Å²) < 4.78 is 6.00. The molecule has 1 saturated heterocycles. The summed E-state index contributed by atoms with van der Waals surface area (Å²) in [5, 5.41) is 3.09. The highest BCUT2D eigenvalue weighted by molar-refractivity contribution is 5.74. The molecule has 0 radical (unpaired) electrons. The van der Waals surface area contributed by atoms with Gasteiger partial charge in [0.1, 0.15) is 0 Å². The van der Waals surface area contributed by atoms with Crippen molar-refractivity contribution in [3.05, 3.63) is 30.1 Å². The summed E-state index contributed by atoms with van der Waals surface area (Å²) in [7, 11) is 1.79. The lowest BCUT2D eigenvalue weighted by molar-refractivity contribution is -0.0692. The van der Waals surface area contributed by atoms with E-state index >= 15 is 0 Å². The Kier molecular flexibility index (Phi) is 4.23. The zero-order chi connectivity index (χ0) is 15.7. The van der Waals surface area contributed by atoms with Crippen LogP contribution in [-0.2, 0) is 11.3 Å². The smallest absolute Gasteiger partial charge is 0.317 e. The Balaban J connectivity index is 1.95. The average molecular weight is 291 g/mol. The number of urea groups is 1. The Morgan fingerprint density at radius 2 is 2.19 bits per heavy atom. The molecular weight excluding hydrogens is 266 g/mol. The maximum Gasteiger partial charge on any atom is 0.317 e. The van der Waals surface area contributed by atoms with E-state index in [1.807, 2.05) is 26.0 Å². The molecule has 5 nitrogen and oxygen atoms in total. The van der Waals surface area contributed by atoms with Crippen molar-refractivity contribution in [2.45, 2.75) is 57.9 Å². The van der Waals surface area contributed by atoms with Crippen LogP contribution in [0.25, 0.3) is 0 Å². The molecule has 1 aliphatic rings. The van der Waals surface area contributed by atoms with Gasteiger partial charge in [0.25, 0.3) is 0 Å². The van der Waals surface area contributed by atoms with Gasteiger partial charge < -0.3 is 15.0 Å². The maximum absolute atomic E-state index is 12.3. The molecule has 2 heterocycles. The first-order chi connectivity index (χ1) is 9.70. The van der Waals surface area contributed by atoms with Crippen molar-refractivity contribution in [1.29, 1.82) is 0 Å². The first-order valence-electron chi connectivity index (χ1n) is 7.30. The number of nitrogens with zero attached hydrogens (tertiary/aromatic N) is 2. The maximum atomic E-state index is 12.3. The molecule has 0 aromatic carbocycles. The lowest BCUT2D eigenvalue weighted by atomic mass is 9.94. The van der Waals surface area contributed by atoms with Crippen LogP contribution in [0.3, 0.4) is 0 Å². The largest absolute Gasteiger partial charge is 0.367 e. The van der Waals surface area contributed by atoms with Crippen LogP contribution in [0.15, 0.2) is 24.5 Å². The SMILES string of the molecule is CN(Cc1cccnc1)C(=O)NC1CC(C)(C)OC1(C)C. The number of amides is 2. The number of rotatable bonds is 3. The molecular formula is C16H25N3O2. The standard InChI is InChI=1S/C16H25N3O2/c1-15(2)9-13(16(3,4)21-15)18-14(20)19(5)11-12-7-6-8-17-10-12/h6-8,10,13H,9,11H2,1-5H3,(H,18,20). The Hall–Kier alpha value is -1.62. The van der Waals surface area contributed by atoms with E-state index < -0.39 is 0 Å². The van der Waals surface area contributed by atoms with Crippen molar-refractivity contribution in [3.63, 3.8) is 0 Å². The van der Waals surface area contributed by atoms with Gasteiger partial charge in [0, 0.05) is 26.0 Å². The third-order valence-electron chi connectivity index (χ3n) is 3.86. The van der Waals surface area contributed by atoms with Gasteiger partial charge >= 0.3 is 6.03 Å². The summed E-state index contributed by atoms with van der Waals surface area (Å²) in [5.74, 6) is 0. The number of hydrogen-bond donors (Lipinski definition) is 1. The number of carbonyl (C=O) groups excluding carboxylic acids is 1. The molecule has 1 unspecified atom stereocenters. The van der Waals surface area contributed by atoms with Gasteiger partial charge in [0.2, 0.25) is 0 Å². The van der Waals surface area contributed by atoms with Gasteiger partial charge in [-0.05, 0) is 45.7 Å². The molecule has 1 N–H and O–H groups in total. The highest BCUT2D eigenvalue weighted by atomic mass is 16.5. The van der Waals surface area contributed by atoms with Crippen LogP contribution in [0, 0.1) is 0 Å². The van der Waals surface area contributed by atoms with E-state index in [0.717, 1.165) is 12.0 Å². The fourth-order valence-electron chi connectivity index (χ4n) is 2.88. The molecule has 0 saturated carbocycles. The molecule has 5 heteroatoms. The number of nitrogens with one attached hydrogen (secondary N) is 1. The zero-order valence-corrected chi connectivity index (χ0v) is 13.5. The summed E-state index contributed by atoms with van der Waals surface area (Å²) in [5.41, 5.74) is 0.454. The number of hydrogen-bond acceptors (Lipinski definition) is 3. The van der Waals surface area contributed by atoms with Gasteiger partial charge in [-0.3, -0.25) is 4.98 Å². The fourth-order valence-corrected chi connectivity index (χ4v) is 2.88. The molecule has 1 aliphatic heterocycles. The molecule has 2 amide bonds. The molecule has 1 fully saturated rings.